The fraction of sp³-hybridized carbons (Fsp3) is 0.562. The highest BCUT2D eigenvalue weighted by molar-refractivity contribution is 7.89. The summed E-state index contributed by atoms with van der Waals surface area (Å²) in [4.78, 5) is 11.2. The third-order valence-electron chi connectivity index (χ3n) is 4.06. The van der Waals surface area contributed by atoms with Crippen LogP contribution in [0, 0.1) is 0 Å². The van der Waals surface area contributed by atoms with Gasteiger partial charge in [0, 0.05) is 12.6 Å². The predicted octanol–water partition coefficient (Wildman–Crippen LogP) is 2.82. The standard InChI is InChI=1S/C16H24N2O4S/c1-2-17-14-10-9-12(16(19)20)11-15(14)23(21,22)18-13-7-5-3-4-6-8-13/h9-11,13,17-18H,2-8H2,1H3,(H,19,20). The van der Waals surface area contributed by atoms with Crippen molar-refractivity contribution in [1.29, 1.82) is 0 Å². The zero-order valence-electron chi connectivity index (χ0n) is 13.3. The monoisotopic (exact) mass is 340 g/mol. The number of anilines is 1. The molecule has 0 aromatic heterocycles. The zero-order chi connectivity index (χ0) is 16.9. The maximum Gasteiger partial charge on any atom is 0.335 e. The molecule has 3 N–H and O–H groups in total. The smallest absolute Gasteiger partial charge is 0.335 e. The molecule has 0 saturated heterocycles. The molecule has 128 valence electrons. The molecule has 6 nitrogen and oxygen atoms in total. The third kappa shape index (κ3) is 4.68. The molecule has 23 heavy (non-hydrogen) atoms. The van der Waals surface area contributed by atoms with E-state index in [4.69, 9.17) is 5.11 Å². The Morgan fingerprint density at radius 3 is 2.43 bits per heavy atom. The molecule has 1 fully saturated rings. The summed E-state index contributed by atoms with van der Waals surface area (Å²) in [6.07, 6.45) is 5.96. The minimum absolute atomic E-state index is 0.00324. The first-order valence-corrected chi connectivity index (χ1v) is 9.56. The molecule has 0 amide bonds. The first-order chi connectivity index (χ1) is 10.9. The number of aromatic carboxylic acids is 1. The van der Waals surface area contributed by atoms with Crippen molar-refractivity contribution in [1.82, 2.24) is 4.72 Å². The van der Waals surface area contributed by atoms with Gasteiger partial charge in [0.25, 0.3) is 0 Å². The number of rotatable bonds is 6. The van der Waals surface area contributed by atoms with E-state index in [1.54, 1.807) is 0 Å². The highest BCUT2D eigenvalue weighted by Crippen LogP contribution is 2.25. The van der Waals surface area contributed by atoms with Crippen molar-refractivity contribution in [2.75, 3.05) is 11.9 Å². The normalized spacial score (nSPS) is 16.7. The molecule has 2 rings (SSSR count). The summed E-state index contributed by atoms with van der Waals surface area (Å²) >= 11 is 0. The van der Waals surface area contributed by atoms with E-state index < -0.39 is 16.0 Å². The Morgan fingerprint density at radius 2 is 1.87 bits per heavy atom. The molecule has 1 saturated carbocycles. The van der Waals surface area contributed by atoms with Gasteiger partial charge in [-0.3, -0.25) is 0 Å². The summed E-state index contributed by atoms with van der Waals surface area (Å²) in [6.45, 7) is 2.42. The second-order valence-corrected chi connectivity index (χ2v) is 7.54. The van der Waals surface area contributed by atoms with Crippen LogP contribution in [0.25, 0.3) is 0 Å². The van der Waals surface area contributed by atoms with E-state index in [1.807, 2.05) is 6.92 Å². The summed E-state index contributed by atoms with van der Waals surface area (Å²) in [6, 6.07) is 4.06. The van der Waals surface area contributed by atoms with Gasteiger partial charge in [-0.1, -0.05) is 25.7 Å². The van der Waals surface area contributed by atoms with Gasteiger partial charge < -0.3 is 10.4 Å². The topological polar surface area (TPSA) is 95.5 Å². The molecular weight excluding hydrogens is 316 g/mol. The first kappa shape index (κ1) is 17.7. The molecule has 0 bridgehead atoms. The summed E-state index contributed by atoms with van der Waals surface area (Å²) in [7, 11) is -3.76. The Kier molecular flexibility index (Phi) is 6.01. The highest BCUT2D eigenvalue weighted by Gasteiger charge is 2.24. The van der Waals surface area contributed by atoms with Crippen molar-refractivity contribution in [3.05, 3.63) is 23.8 Å². The van der Waals surface area contributed by atoms with E-state index in [-0.39, 0.29) is 16.5 Å². The van der Waals surface area contributed by atoms with Crippen LogP contribution < -0.4 is 10.0 Å². The fourth-order valence-electron chi connectivity index (χ4n) is 2.89. The van der Waals surface area contributed by atoms with Gasteiger partial charge >= 0.3 is 5.97 Å². The molecule has 1 aromatic carbocycles. The van der Waals surface area contributed by atoms with Crippen LogP contribution >= 0.6 is 0 Å². The number of carboxylic acid groups (broad SMARTS) is 1. The van der Waals surface area contributed by atoms with Crippen LogP contribution in [-0.2, 0) is 10.0 Å². The second kappa shape index (κ2) is 7.79. The lowest BCUT2D eigenvalue weighted by Gasteiger charge is -2.18. The quantitative estimate of drug-likeness (QED) is 0.692. The Labute approximate surface area is 137 Å². The largest absolute Gasteiger partial charge is 0.478 e. The van der Waals surface area contributed by atoms with E-state index in [0.717, 1.165) is 38.5 Å². The number of hydrogen-bond acceptors (Lipinski definition) is 4. The Morgan fingerprint density at radius 1 is 1.22 bits per heavy atom. The summed E-state index contributed by atoms with van der Waals surface area (Å²) in [5, 5.41) is 12.1. The molecular formula is C16H24N2O4S. The van der Waals surface area contributed by atoms with Crippen LogP contribution in [0.4, 0.5) is 5.69 Å². The van der Waals surface area contributed by atoms with Crippen molar-refractivity contribution in [2.45, 2.75) is 56.4 Å². The average molecular weight is 340 g/mol. The van der Waals surface area contributed by atoms with Gasteiger partial charge in [0.15, 0.2) is 0 Å². The summed E-state index contributed by atoms with van der Waals surface area (Å²) in [5.74, 6) is -1.14. The maximum atomic E-state index is 12.7. The van der Waals surface area contributed by atoms with Gasteiger partial charge in [-0.05, 0) is 38.0 Å². The maximum absolute atomic E-state index is 12.7. The number of carboxylic acids is 1. The lowest BCUT2D eigenvalue weighted by Crippen LogP contribution is -2.35. The lowest BCUT2D eigenvalue weighted by atomic mass is 10.1. The number of nitrogens with one attached hydrogen (secondary N) is 2. The molecule has 0 radical (unpaired) electrons. The number of benzene rings is 1. The molecule has 0 aliphatic heterocycles. The van der Waals surface area contributed by atoms with Crippen molar-refractivity contribution in [3.63, 3.8) is 0 Å². The van der Waals surface area contributed by atoms with Gasteiger partial charge in [0.1, 0.15) is 4.90 Å². The minimum Gasteiger partial charge on any atom is -0.478 e. The number of sulfonamides is 1. The van der Waals surface area contributed by atoms with Gasteiger partial charge in [-0.2, -0.15) is 0 Å². The molecule has 0 heterocycles. The van der Waals surface area contributed by atoms with Gasteiger partial charge in [-0.25, -0.2) is 17.9 Å². The Hall–Kier alpha value is -1.60. The van der Waals surface area contributed by atoms with E-state index in [0.29, 0.717) is 12.2 Å². The predicted molar refractivity (Wildman–Crippen MR) is 89.4 cm³/mol. The zero-order valence-corrected chi connectivity index (χ0v) is 14.2. The van der Waals surface area contributed by atoms with E-state index in [1.165, 1.54) is 18.2 Å². The second-order valence-electron chi connectivity index (χ2n) is 5.86. The van der Waals surface area contributed by atoms with Crippen molar-refractivity contribution in [2.24, 2.45) is 0 Å². The van der Waals surface area contributed by atoms with E-state index >= 15 is 0 Å². The fourth-order valence-corrected chi connectivity index (χ4v) is 4.41. The minimum atomic E-state index is -3.76. The van der Waals surface area contributed by atoms with Crippen molar-refractivity contribution < 1.29 is 18.3 Å². The van der Waals surface area contributed by atoms with Gasteiger partial charge in [-0.15, -0.1) is 0 Å². The molecule has 0 unspecified atom stereocenters. The lowest BCUT2D eigenvalue weighted by molar-refractivity contribution is 0.0696. The van der Waals surface area contributed by atoms with Gasteiger partial charge in [0.05, 0.1) is 11.3 Å². The summed E-state index contributed by atoms with van der Waals surface area (Å²) < 4.78 is 28.2. The highest BCUT2D eigenvalue weighted by atomic mass is 32.2. The number of carbonyl (C=O) groups is 1. The molecule has 0 atom stereocenters. The van der Waals surface area contributed by atoms with Crippen LogP contribution in [-0.4, -0.2) is 32.1 Å². The average Bonchev–Trinajstić information content (AvgIpc) is 2.75. The molecule has 1 aromatic rings. The van der Waals surface area contributed by atoms with Crippen LogP contribution in [0.1, 0.15) is 55.8 Å². The van der Waals surface area contributed by atoms with E-state index in [9.17, 15) is 13.2 Å². The third-order valence-corrected chi connectivity index (χ3v) is 5.62. The van der Waals surface area contributed by atoms with Crippen molar-refractivity contribution >= 4 is 21.7 Å². The van der Waals surface area contributed by atoms with Gasteiger partial charge in [0.2, 0.25) is 10.0 Å². The van der Waals surface area contributed by atoms with Crippen molar-refractivity contribution in [3.8, 4) is 0 Å². The Balaban J connectivity index is 2.32. The SMILES string of the molecule is CCNc1ccc(C(=O)O)cc1S(=O)(=O)NC1CCCCCC1. The summed E-state index contributed by atoms with van der Waals surface area (Å²) in [5.41, 5.74) is 0.395. The van der Waals surface area contributed by atoms with Crippen LogP contribution in [0.3, 0.4) is 0 Å². The Bertz CT molecular complexity index is 650. The van der Waals surface area contributed by atoms with E-state index in [2.05, 4.69) is 10.0 Å². The first-order valence-electron chi connectivity index (χ1n) is 8.07. The molecule has 7 heteroatoms. The number of hydrogen-bond donors (Lipinski definition) is 3. The van der Waals surface area contributed by atoms with Crippen LogP contribution in [0.15, 0.2) is 23.1 Å². The molecule has 1 aliphatic rings. The molecule has 0 spiro atoms. The van der Waals surface area contributed by atoms with Crippen LogP contribution in [0.5, 0.6) is 0 Å². The van der Waals surface area contributed by atoms with Crippen LogP contribution in [0.2, 0.25) is 0 Å². The molecule has 1 aliphatic carbocycles.